The molecule has 0 saturated carbocycles. The number of hydrogen-bond acceptors (Lipinski definition) is 2. The molecule has 5 heteroatoms. The molecule has 2 aromatic rings. The Kier molecular flexibility index (Phi) is 3.07. The van der Waals surface area contributed by atoms with Crippen LogP contribution in [-0.2, 0) is 13.5 Å². The summed E-state index contributed by atoms with van der Waals surface area (Å²) in [5.41, 5.74) is 8.57. The van der Waals surface area contributed by atoms with Crippen LogP contribution in [0.2, 0.25) is 5.02 Å². The molecule has 0 aliphatic carbocycles. The largest absolute Gasteiger partial charge is 0.397 e. The Morgan fingerprint density at radius 1 is 1.41 bits per heavy atom. The van der Waals surface area contributed by atoms with Crippen LogP contribution in [0.25, 0.3) is 11.1 Å². The predicted molar refractivity (Wildman–Crippen MR) is 67.4 cm³/mol. The number of halogens is 2. The van der Waals surface area contributed by atoms with Gasteiger partial charge in [-0.1, -0.05) is 18.5 Å². The van der Waals surface area contributed by atoms with E-state index in [1.54, 1.807) is 4.68 Å². The quantitative estimate of drug-likeness (QED) is 0.836. The lowest BCUT2D eigenvalue weighted by Crippen LogP contribution is -1.94. The summed E-state index contributed by atoms with van der Waals surface area (Å²) in [4.78, 5) is 0. The average Bonchev–Trinajstić information content (AvgIpc) is 2.64. The Labute approximate surface area is 104 Å². The van der Waals surface area contributed by atoms with Crippen LogP contribution >= 0.6 is 11.6 Å². The van der Waals surface area contributed by atoms with Crippen LogP contribution in [0.4, 0.5) is 10.1 Å². The molecule has 2 N–H and O–H groups in total. The van der Waals surface area contributed by atoms with E-state index in [1.807, 2.05) is 20.2 Å². The van der Waals surface area contributed by atoms with Crippen molar-refractivity contribution in [2.24, 2.45) is 7.05 Å². The highest BCUT2D eigenvalue weighted by molar-refractivity contribution is 6.33. The smallest absolute Gasteiger partial charge is 0.125 e. The summed E-state index contributed by atoms with van der Waals surface area (Å²) >= 11 is 5.88. The maximum Gasteiger partial charge on any atom is 0.125 e. The molecular formula is C12H13ClFN3. The minimum Gasteiger partial charge on any atom is -0.397 e. The number of nitrogen functional groups attached to an aromatic ring is 1. The Morgan fingerprint density at radius 2 is 2.12 bits per heavy atom. The zero-order chi connectivity index (χ0) is 12.6. The van der Waals surface area contributed by atoms with Gasteiger partial charge in [0, 0.05) is 24.4 Å². The molecular weight excluding hydrogens is 241 g/mol. The molecule has 0 aliphatic rings. The van der Waals surface area contributed by atoms with Crippen LogP contribution < -0.4 is 5.73 Å². The van der Waals surface area contributed by atoms with Crippen molar-refractivity contribution >= 4 is 17.3 Å². The van der Waals surface area contributed by atoms with Gasteiger partial charge in [0.25, 0.3) is 0 Å². The summed E-state index contributed by atoms with van der Waals surface area (Å²) in [7, 11) is 1.82. The van der Waals surface area contributed by atoms with Gasteiger partial charge in [0.1, 0.15) is 5.82 Å². The lowest BCUT2D eigenvalue weighted by Gasteiger charge is -2.07. The third-order valence-corrected chi connectivity index (χ3v) is 2.94. The van der Waals surface area contributed by atoms with E-state index in [9.17, 15) is 4.39 Å². The van der Waals surface area contributed by atoms with Crippen LogP contribution in [0, 0.1) is 5.82 Å². The molecule has 1 heterocycles. The average molecular weight is 254 g/mol. The molecule has 0 aliphatic heterocycles. The molecule has 0 amide bonds. The van der Waals surface area contributed by atoms with E-state index in [0.717, 1.165) is 17.7 Å². The van der Waals surface area contributed by atoms with E-state index < -0.39 is 5.82 Å². The fourth-order valence-corrected chi connectivity index (χ4v) is 2.03. The van der Waals surface area contributed by atoms with Gasteiger partial charge >= 0.3 is 0 Å². The van der Waals surface area contributed by atoms with Crippen LogP contribution in [0.15, 0.2) is 18.3 Å². The zero-order valence-electron chi connectivity index (χ0n) is 9.67. The monoisotopic (exact) mass is 253 g/mol. The highest BCUT2D eigenvalue weighted by Gasteiger charge is 2.14. The molecule has 0 unspecified atom stereocenters. The third-order valence-electron chi connectivity index (χ3n) is 2.62. The van der Waals surface area contributed by atoms with Crippen molar-refractivity contribution in [3.8, 4) is 11.1 Å². The Morgan fingerprint density at radius 3 is 2.76 bits per heavy atom. The fourth-order valence-electron chi connectivity index (χ4n) is 1.83. The molecule has 17 heavy (non-hydrogen) atoms. The molecule has 1 aromatic carbocycles. The van der Waals surface area contributed by atoms with Crippen molar-refractivity contribution in [1.82, 2.24) is 9.78 Å². The zero-order valence-corrected chi connectivity index (χ0v) is 10.4. The van der Waals surface area contributed by atoms with Crippen molar-refractivity contribution in [3.05, 3.63) is 34.9 Å². The highest BCUT2D eigenvalue weighted by atomic mass is 35.5. The third kappa shape index (κ3) is 2.13. The van der Waals surface area contributed by atoms with Crippen molar-refractivity contribution in [3.63, 3.8) is 0 Å². The number of aromatic nitrogens is 2. The number of hydrogen-bond donors (Lipinski definition) is 1. The van der Waals surface area contributed by atoms with Gasteiger partial charge in [-0.25, -0.2) is 4.39 Å². The first-order valence-electron chi connectivity index (χ1n) is 5.30. The molecule has 0 bridgehead atoms. The van der Waals surface area contributed by atoms with E-state index in [0.29, 0.717) is 11.3 Å². The summed E-state index contributed by atoms with van der Waals surface area (Å²) in [6.45, 7) is 1.99. The topological polar surface area (TPSA) is 43.8 Å². The van der Waals surface area contributed by atoms with Crippen molar-refractivity contribution in [2.45, 2.75) is 13.3 Å². The Hall–Kier alpha value is -1.55. The summed E-state index contributed by atoms with van der Waals surface area (Å²) in [5, 5.41) is 4.53. The van der Waals surface area contributed by atoms with E-state index in [2.05, 4.69) is 5.10 Å². The Balaban J connectivity index is 2.67. The van der Waals surface area contributed by atoms with Crippen LogP contribution in [0.3, 0.4) is 0 Å². The number of aryl methyl sites for hydroxylation is 2. The maximum atomic E-state index is 13.4. The lowest BCUT2D eigenvalue weighted by atomic mass is 10.0. The van der Waals surface area contributed by atoms with Gasteiger partial charge in [-0.05, 0) is 18.6 Å². The Bertz CT molecular complexity index is 563. The molecule has 0 saturated heterocycles. The summed E-state index contributed by atoms with van der Waals surface area (Å²) in [6.07, 6.45) is 2.57. The first kappa shape index (κ1) is 11.9. The van der Waals surface area contributed by atoms with Crippen molar-refractivity contribution in [2.75, 3.05) is 5.73 Å². The van der Waals surface area contributed by atoms with E-state index in [1.165, 1.54) is 12.1 Å². The van der Waals surface area contributed by atoms with Crippen LogP contribution in [0.5, 0.6) is 0 Å². The molecule has 2 rings (SSSR count). The second-order valence-corrected chi connectivity index (χ2v) is 4.27. The molecule has 1 aromatic heterocycles. The SMILES string of the molecule is CCc1nn(C)cc1-c1cc(F)cc(Cl)c1N. The minimum atomic E-state index is -0.398. The molecule has 3 nitrogen and oxygen atoms in total. The predicted octanol–water partition coefficient (Wildman–Crippen LogP) is 3.02. The van der Waals surface area contributed by atoms with Crippen molar-refractivity contribution < 1.29 is 4.39 Å². The number of benzene rings is 1. The van der Waals surface area contributed by atoms with E-state index in [4.69, 9.17) is 17.3 Å². The van der Waals surface area contributed by atoms with Gasteiger partial charge in [-0.2, -0.15) is 5.10 Å². The van der Waals surface area contributed by atoms with Gasteiger partial charge < -0.3 is 5.73 Å². The maximum absolute atomic E-state index is 13.4. The number of anilines is 1. The number of nitrogens with two attached hydrogens (primary N) is 1. The summed E-state index contributed by atoms with van der Waals surface area (Å²) < 4.78 is 15.1. The van der Waals surface area contributed by atoms with Crippen molar-refractivity contribution in [1.29, 1.82) is 0 Å². The van der Waals surface area contributed by atoms with Gasteiger partial charge in [0.2, 0.25) is 0 Å². The second-order valence-electron chi connectivity index (χ2n) is 3.87. The van der Waals surface area contributed by atoms with E-state index in [-0.39, 0.29) is 5.02 Å². The van der Waals surface area contributed by atoms with Gasteiger partial charge in [0.15, 0.2) is 0 Å². The normalized spacial score (nSPS) is 10.8. The first-order chi connectivity index (χ1) is 8.02. The fraction of sp³-hybridized carbons (Fsp3) is 0.250. The van der Waals surface area contributed by atoms with Gasteiger partial charge in [-0.15, -0.1) is 0 Å². The summed E-state index contributed by atoms with van der Waals surface area (Å²) in [5.74, 6) is -0.398. The van der Waals surface area contributed by atoms with Crippen LogP contribution in [0.1, 0.15) is 12.6 Å². The van der Waals surface area contributed by atoms with Crippen LogP contribution in [-0.4, -0.2) is 9.78 Å². The lowest BCUT2D eigenvalue weighted by molar-refractivity contribution is 0.628. The number of rotatable bonds is 2. The second kappa shape index (κ2) is 4.37. The minimum absolute atomic E-state index is 0.228. The van der Waals surface area contributed by atoms with E-state index >= 15 is 0 Å². The molecule has 0 atom stereocenters. The van der Waals surface area contributed by atoms with Gasteiger partial charge in [0.05, 0.1) is 16.4 Å². The number of nitrogens with zero attached hydrogens (tertiary/aromatic N) is 2. The van der Waals surface area contributed by atoms with Gasteiger partial charge in [-0.3, -0.25) is 4.68 Å². The first-order valence-corrected chi connectivity index (χ1v) is 5.68. The molecule has 0 spiro atoms. The molecule has 0 fully saturated rings. The highest BCUT2D eigenvalue weighted by Crippen LogP contribution is 2.34. The molecule has 90 valence electrons. The molecule has 0 radical (unpaired) electrons. The summed E-state index contributed by atoms with van der Waals surface area (Å²) in [6, 6.07) is 2.60. The standard InChI is InChI=1S/C12H13ClFN3/c1-3-11-9(6-17(2)16-11)8-4-7(14)5-10(13)12(8)15/h4-6H,3,15H2,1-2H3.